The molecular formula is C26H32N4O5S. The molecule has 1 aliphatic heterocycles. The van der Waals surface area contributed by atoms with Gasteiger partial charge in [-0.25, -0.2) is 9.97 Å². The van der Waals surface area contributed by atoms with E-state index < -0.39 is 5.12 Å². The van der Waals surface area contributed by atoms with E-state index in [0.717, 1.165) is 25.7 Å². The Balaban J connectivity index is 1.60. The molecule has 0 bridgehead atoms. The molecule has 1 aromatic carbocycles. The lowest BCUT2D eigenvalue weighted by Gasteiger charge is -2.18. The highest BCUT2D eigenvalue weighted by atomic mass is 32.1. The third kappa shape index (κ3) is 7.97. The quantitative estimate of drug-likeness (QED) is 0.170. The van der Waals surface area contributed by atoms with Gasteiger partial charge in [-0.05, 0) is 56.7 Å². The first-order chi connectivity index (χ1) is 17.4. The molecule has 192 valence electrons. The number of benzene rings is 1. The first-order valence-corrected chi connectivity index (χ1v) is 12.4. The van der Waals surface area contributed by atoms with Crippen molar-refractivity contribution in [2.24, 2.45) is 10.9 Å². The molecule has 1 unspecified atom stereocenters. The molecule has 3 atom stereocenters. The maximum Gasteiger partial charge on any atom is 0.256 e. The smallest absolute Gasteiger partial charge is 0.256 e. The number of aliphatic hydroxyl groups is 1. The molecule has 0 aliphatic carbocycles. The molecule has 0 saturated carbocycles. The van der Waals surface area contributed by atoms with E-state index in [1.54, 1.807) is 24.3 Å². The van der Waals surface area contributed by atoms with Crippen molar-refractivity contribution in [3.63, 3.8) is 0 Å². The molecule has 10 heteroatoms. The van der Waals surface area contributed by atoms with E-state index >= 15 is 0 Å². The van der Waals surface area contributed by atoms with Crippen LogP contribution in [0, 0.1) is 12.8 Å². The first-order valence-electron chi connectivity index (χ1n) is 12.0. The summed E-state index contributed by atoms with van der Waals surface area (Å²) in [6.45, 7) is 3.84. The van der Waals surface area contributed by atoms with Crippen molar-refractivity contribution in [3.8, 4) is 0 Å². The molecule has 3 rings (SSSR count). The lowest BCUT2D eigenvalue weighted by Crippen LogP contribution is -2.20. The molecule has 1 aliphatic rings. The number of nitrogens with zero attached hydrogens (tertiary/aromatic N) is 3. The summed E-state index contributed by atoms with van der Waals surface area (Å²) >= 11 is 3.75. The van der Waals surface area contributed by atoms with Crippen molar-refractivity contribution < 1.29 is 24.2 Å². The third-order valence-electron chi connectivity index (χ3n) is 5.89. The number of aromatic nitrogens is 2. The van der Waals surface area contributed by atoms with Gasteiger partial charge in [-0.1, -0.05) is 37.8 Å². The fraction of sp³-hybridized carbons (Fsp3) is 0.423. The number of nitrogens with one attached hydrogen (secondary N) is 1. The van der Waals surface area contributed by atoms with Gasteiger partial charge in [0.2, 0.25) is 0 Å². The second kappa shape index (κ2) is 13.9. The minimum Gasteiger partial charge on any atom is -0.486 e. The monoisotopic (exact) mass is 512 g/mol. The number of rotatable bonds is 12. The number of ether oxygens (including phenoxy) is 2. The Morgan fingerprint density at radius 1 is 1.28 bits per heavy atom. The van der Waals surface area contributed by atoms with Crippen LogP contribution in [0.25, 0.3) is 0 Å². The number of hydrogen-bond acceptors (Lipinski definition) is 8. The summed E-state index contributed by atoms with van der Waals surface area (Å²) in [6.07, 6.45) is 7.80. The van der Waals surface area contributed by atoms with Crippen molar-refractivity contribution in [3.05, 3.63) is 59.8 Å². The first kappa shape index (κ1) is 27.5. The van der Waals surface area contributed by atoms with Crippen LogP contribution in [0.2, 0.25) is 0 Å². The topological polar surface area (TPSA) is 123 Å². The predicted molar refractivity (Wildman–Crippen MR) is 141 cm³/mol. The van der Waals surface area contributed by atoms with E-state index in [4.69, 9.17) is 14.6 Å². The number of thiol groups is 1. The highest BCUT2D eigenvalue weighted by Gasteiger charge is 2.28. The normalized spacial score (nSPS) is 18.8. The van der Waals surface area contributed by atoms with Crippen LogP contribution < -0.4 is 5.32 Å². The Bertz CT molecular complexity index is 1090. The average molecular weight is 513 g/mol. The van der Waals surface area contributed by atoms with Gasteiger partial charge in [0.15, 0.2) is 11.6 Å². The SMILES string of the molecule is CCC(C=Nc1c(C)ncnc1NC(=O)c1ccccc1)C[C@H]1CC[C@@H](CO/C(=C\CO)C(=O)S)O1. The van der Waals surface area contributed by atoms with Crippen molar-refractivity contribution in [1.82, 2.24) is 9.97 Å². The molecule has 9 nitrogen and oxygen atoms in total. The van der Waals surface area contributed by atoms with Crippen molar-refractivity contribution in [2.45, 2.75) is 51.7 Å². The number of aliphatic imine (C=N–C) groups is 1. The Hall–Kier alpha value is -3.08. The van der Waals surface area contributed by atoms with E-state index in [-0.39, 0.29) is 43.0 Å². The van der Waals surface area contributed by atoms with E-state index in [9.17, 15) is 9.59 Å². The summed E-state index contributed by atoms with van der Waals surface area (Å²) in [6, 6.07) is 8.93. The minimum atomic E-state index is -0.527. The van der Waals surface area contributed by atoms with Gasteiger partial charge in [-0.3, -0.25) is 14.6 Å². The zero-order chi connectivity index (χ0) is 25.9. The van der Waals surface area contributed by atoms with Gasteiger partial charge in [0.1, 0.15) is 18.6 Å². The van der Waals surface area contributed by atoms with Gasteiger partial charge < -0.3 is 19.9 Å². The van der Waals surface area contributed by atoms with E-state index in [0.29, 0.717) is 22.8 Å². The van der Waals surface area contributed by atoms with Crippen LogP contribution >= 0.6 is 12.6 Å². The maximum atomic E-state index is 12.6. The van der Waals surface area contributed by atoms with Gasteiger partial charge in [0, 0.05) is 11.8 Å². The van der Waals surface area contributed by atoms with Crippen LogP contribution in [0.4, 0.5) is 11.5 Å². The molecule has 1 amide bonds. The second-order valence-electron chi connectivity index (χ2n) is 8.48. The Morgan fingerprint density at radius 2 is 2.03 bits per heavy atom. The highest BCUT2D eigenvalue weighted by Crippen LogP contribution is 2.29. The summed E-state index contributed by atoms with van der Waals surface area (Å²) in [5.74, 6) is 0.279. The van der Waals surface area contributed by atoms with Crippen LogP contribution in [-0.2, 0) is 14.3 Å². The van der Waals surface area contributed by atoms with Crippen LogP contribution in [0.3, 0.4) is 0 Å². The predicted octanol–water partition coefficient (Wildman–Crippen LogP) is 4.05. The molecule has 2 aromatic rings. The number of aliphatic hydroxyl groups excluding tert-OH is 1. The molecule has 2 N–H and O–H groups in total. The average Bonchev–Trinajstić information content (AvgIpc) is 3.33. The molecular weight excluding hydrogens is 480 g/mol. The second-order valence-corrected chi connectivity index (χ2v) is 8.89. The summed E-state index contributed by atoms with van der Waals surface area (Å²) in [5, 5.41) is 11.3. The number of hydrogen-bond donors (Lipinski definition) is 3. The molecule has 0 spiro atoms. The fourth-order valence-corrected chi connectivity index (χ4v) is 4.04. The lowest BCUT2D eigenvalue weighted by atomic mass is 9.98. The highest BCUT2D eigenvalue weighted by molar-refractivity contribution is 7.97. The summed E-state index contributed by atoms with van der Waals surface area (Å²) in [5.41, 5.74) is 1.72. The van der Waals surface area contributed by atoms with Gasteiger partial charge in [-0.15, -0.1) is 0 Å². The molecule has 1 aromatic heterocycles. The Labute approximate surface area is 216 Å². The Kier molecular flexibility index (Phi) is 10.6. The van der Waals surface area contributed by atoms with Crippen molar-refractivity contribution in [2.75, 3.05) is 18.5 Å². The number of amides is 1. The third-order valence-corrected chi connectivity index (χ3v) is 6.11. The van der Waals surface area contributed by atoms with Gasteiger partial charge in [-0.2, -0.15) is 0 Å². The van der Waals surface area contributed by atoms with Crippen molar-refractivity contribution >= 4 is 41.4 Å². The standard InChI is InChI=1S/C26H32N4O5S/c1-3-18(13-20-9-10-21(35-20)15-34-22(11-12-31)26(33)36)14-27-23-17(2)28-16-29-24(23)30-25(32)19-7-5-4-6-8-19/h4-8,11,14,16,18,20-21,31H,3,9-10,12-13,15H2,1-2H3,(H,33,36)(H,28,29,30,32)/b22-11-,27-14?/t18?,20-,21+/m1/s1. The number of carbonyl (C=O) groups is 2. The molecule has 1 saturated heterocycles. The van der Waals surface area contributed by atoms with E-state index in [2.05, 4.69) is 39.8 Å². The van der Waals surface area contributed by atoms with E-state index in [1.807, 2.05) is 19.2 Å². The summed E-state index contributed by atoms with van der Waals surface area (Å²) < 4.78 is 11.6. The molecule has 1 fully saturated rings. The summed E-state index contributed by atoms with van der Waals surface area (Å²) in [7, 11) is 0. The summed E-state index contributed by atoms with van der Waals surface area (Å²) in [4.78, 5) is 37.2. The zero-order valence-electron chi connectivity index (χ0n) is 20.5. The molecule has 0 radical (unpaired) electrons. The van der Waals surface area contributed by atoms with Crippen molar-refractivity contribution in [1.29, 1.82) is 0 Å². The van der Waals surface area contributed by atoms with Gasteiger partial charge in [0.25, 0.3) is 11.0 Å². The number of carbonyl (C=O) groups excluding carboxylic acids is 2. The van der Waals surface area contributed by atoms with Gasteiger partial charge in [0.05, 0.1) is 24.5 Å². The number of aryl methyl sites for hydroxylation is 1. The van der Waals surface area contributed by atoms with Gasteiger partial charge >= 0.3 is 0 Å². The zero-order valence-corrected chi connectivity index (χ0v) is 21.4. The van der Waals surface area contributed by atoms with Crippen LogP contribution in [-0.4, -0.2) is 57.7 Å². The maximum absolute atomic E-state index is 12.6. The lowest BCUT2D eigenvalue weighted by molar-refractivity contribution is -0.111. The molecule has 36 heavy (non-hydrogen) atoms. The molecule has 2 heterocycles. The number of anilines is 1. The van der Waals surface area contributed by atoms with E-state index in [1.165, 1.54) is 12.4 Å². The minimum absolute atomic E-state index is 0.0297. The largest absolute Gasteiger partial charge is 0.486 e. The van der Waals surface area contributed by atoms with Crippen LogP contribution in [0.1, 0.15) is 48.7 Å². The Morgan fingerprint density at radius 3 is 2.72 bits per heavy atom. The van der Waals surface area contributed by atoms with Crippen LogP contribution in [0.15, 0.2) is 53.5 Å². The van der Waals surface area contributed by atoms with Crippen LogP contribution in [0.5, 0.6) is 0 Å². The fourth-order valence-electron chi connectivity index (χ4n) is 3.88.